The molecule has 0 radical (unpaired) electrons. The first-order valence-corrected chi connectivity index (χ1v) is 13.7. The number of pyridine rings is 2. The van der Waals surface area contributed by atoms with Crippen molar-refractivity contribution in [2.24, 2.45) is 0 Å². The van der Waals surface area contributed by atoms with Crippen LogP contribution >= 0.6 is 0 Å². The Morgan fingerprint density at radius 1 is 0.946 bits per heavy atom. The smallest absolute Gasteiger partial charge is 0.253 e. The topological polar surface area (TPSA) is 100 Å². The lowest BCUT2D eigenvalue weighted by Crippen LogP contribution is -2.47. The number of benzene rings is 2. The fourth-order valence-electron chi connectivity index (χ4n) is 4.76. The zero-order valence-electron chi connectivity index (χ0n) is 20.0. The van der Waals surface area contributed by atoms with Crippen molar-refractivity contribution in [3.05, 3.63) is 102 Å². The van der Waals surface area contributed by atoms with Gasteiger partial charge in [-0.25, -0.2) is 13.4 Å². The van der Waals surface area contributed by atoms with Gasteiger partial charge in [-0.2, -0.15) is 4.39 Å². The van der Waals surface area contributed by atoms with E-state index in [0.29, 0.717) is 48.1 Å². The molecule has 0 unspecified atom stereocenters. The van der Waals surface area contributed by atoms with Gasteiger partial charge in [-0.15, -0.1) is 0 Å². The lowest BCUT2D eigenvalue weighted by Gasteiger charge is -2.38. The van der Waals surface area contributed by atoms with E-state index in [0.717, 1.165) is 5.39 Å². The molecule has 9 heteroatoms. The van der Waals surface area contributed by atoms with Gasteiger partial charge in [0.15, 0.2) is 9.84 Å². The van der Waals surface area contributed by atoms with Gasteiger partial charge in [0.25, 0.3) is 5.91 Å². The molecule has 3 heterocycles. The van der Waals surface area contributed by atoms with Crippen molar-refractivity contribution >= 4 is 26.6 Å². The van der Waals surface area contributed by atoms with E-state index in [1.54, 1.807) is 65.7 Å². The van der Waals surface area contributed by atoms with Crippen molar-refractivity contribution in [1.82, 2.24) is 14.9 Å². The van der Waals surface area contributed by atoms with Gasteiger partial charge in [-0.05, 0) is 48.7 Å². The van der Waals surface area contributed by atoms with Crippen LogP contribution in [0.2, 0.25) is 0 Å². The average Bonchev–Trinajstić information content (AvgIpc) is 2.90. The monoisotopic (exact) mass is 519 g/mol. The first-order chi connectivity index (χ1) is 17.7. The standard InChI is InChI=1S/C28H26FN3O4S/c29-26-23(6-3-15-31-26)18-28(34)12-16-32(17-13-28)27(33)22-10-8-20(9-11-22)19-37(35,36)24-7-1-4-21-5-2-14-30-25(21)24/h1-11,14-15,34H,12-13,16-19H2. The molecule has 1 aliphatic rings. The number of rotatable bonds is 6. The Labute approximate surface area is 214 Å². The van der Waals surface area contributed by atoms with E-state index in [1.807, 2.05) is 12.1 Å². The summed E-state index contributed by atoms with van der Waals surface area (Å²) in [6, 6.07) is 18.4. The number of piperidine rings is 1. The Bertz CT molecular complexity index is 1540. The molecule has 4 aromatic rings. The first kappa shape index (κ1) is 25.0. The molecular weight excluding hydrogens is 493 g/mol. The second-order valence-electron chi connectivity index (χ2n) is 9.43. The summed E-state index contributed by atoms with van der Waals surface area (Å²) in [4.78, 5) is 22.8. The van der Waals surface area contributed by atoms with Crippen LogP contribution in [-0.2, 0) is 22.0 Å². The van der Waals surface area contributed by atoms with Crippen molar-refractivity contribution in [1.29, 1.82) is 0 Å². The molecule has 2 aromatic heterocycles. The zero-order chi connectivity index (χ0) is 26.0. The normalized spacial score (nSPS) is 15.6. The third-order valence-electron chi connectivity index (χ3n) is 6.83. The summed E-state index contributed by atoms with van der Waals surface area (Å²) in [6.45, 7) is 0.669. The van der Waals surface area contributed by atoms with Gasteiger partial charge in [0, 0.05) is 48.4 Å². The first-order valence-electron chi connectivity index (χ1n) is 12.0. The zero-order valence-corrected chi connectivity index (χ0v) is 20.9. The van der Waals surface area contributed by atoms with E-state index in [2.05, 4.69) is 9.97 Å². The van der Waals surface area contributed by atoms with Gasteiger partial charge in [0.05, 0.1) is 21.8 Å². The molecule has 0 atom stereocenters. The highest BCUT2D eigenvalue weighted by molar-refractivity contribution is 7.90. The predicted molar refractivity (Wildman–Crippen MR) is 137 cm³/mol. The molecule has 0 bridgehead atoms. The number of aliphatic hydroxyl groups is 1. The van der Waals surface area contributed by atoms with Gasteiger partial charge >= 0.3 is 0 Å². The molecule has 1 saturated heterocycles. The van der Waals surface area contributed by atoms with Gasteiger partial charge in [0.1, 0.15) is 0 Å². The fraction of sp³-hybridized carbons (Fsp3) is 0.250. The van der Waals surface area contributed by atoms with Crippen LogP contribution in [0.25, 0.3) is 10.9 Å². The second-order valence-corrected chi connectivity index (χ2v) is 11.4. The summed E-state index contributed by atoms with van der Waals surface area (Å²) >= 11 is 0. The van der Waals surface area contributed by atoms with E-state index >= 15 is 0 Å². The molecule has 37 heavy (non-hydrogen) atoms. The molecule has 0 spiro atoms. The highest BCUT2D eigenvalue weighted by Crippen LogP contribution is 2.28. The lowest BCUT2D eigenvalue weighted by atomic mass is 9.85. The third-order valence-corrected chi connectivity index (χ3v) is 8.54. The third kappa shape index (κ3) is 5.38. The summed E-state index contributed by atoms with van der Waals surface area (Å²) in [5, 5.41) is 11.7. The van der Waals surface area contributed by atoms with Crippen molar-refractivity contribution in [2.45, 2.75) is 35.5 Å². The molecule has 2 aromatic carbocycles. The Morgan fingerprint density at radius 3 is 2.35 bits per heavy atom. The Kier molecular flexibility index (Phi) is 6.74. The number of nitrogens with zero attached hydrogens (tertiary/aromatic N) is 3. The van der Waals surface area contributed by atoms with Crippen LogP contribution < -0.4 is 0 Å². The Balaban J connectivity index is 1.24. The van der Waals surface area contributed by atoms with Gasteiger partial charge in [-0.3, -0.25) is 9.78 Å². The SMILES string of the molecule is O=C(c1ccc(CS(=O)(=O)c2cccc3cccnc23)cc1)N1CCC(O)(Cc2cccnc2F)CC1. The van der Waals surface area contributed by atoms with Crippen LogP contribution in [0.5, 0.6) is 0 Å². The maximum Gasteiger partial charge on any atom is 0.253 e. The average molecular weight is 520 g/mol. The molecule has 0 aliphatic carbocycles. The quantitative estimate of drug-likeness (QED) is 0.387. The molecule has 1 N–H and O–H groups in total. The van der Waals surface area contributed by atoms with E-state index in [9.17, 15) is 22.7 Å². The number of carbonyl (C=O) groups is 1. The van der Waals surface area contributed by atoms with Crippen LogP contribution in [0.4, 0.5) is 4.39 Å². The number of fused-ring (bicyclic) bond motifs is 1. The van der Waals surface area contributed by atoms with Crippen LogP contribution in [0, 0.1) is 5.95 Å². The highest BCUT2D eigenvalue weighted by atomic mass is 32.2. The number of para-hydroxylation sites is 1. The lowest BCUT2D eigenvalue weighted by molar-refractivity contribution is -0.0169. The summed E-state index contributed by atoms with van der Waals surface area (Å²) < 4.78 is 40.2. The summed E-state index contributed by atoms with van der Waals surface area (Å²) in [5.41, 5.74) is 0.699. The van der Waals surface area contributed by atoms with E-state index in [4.69, 9.17) is 0 Å². The number of hydrogen-bond donors (Lipinski definition) is 1. The number of hydrogen-bond acceptors (Lipinski definition) is 6. The fourth-order valence-corrected chi connectivity index (χ4v) is 6.30. The van der Waals surface area contributed by atoms with Crippen molar-refractivity contribution < 1.29 is 22.7 Å². The van der Waals surface area contributed by atoms with Crippen LogP contribution in [0.3, 0.4) is 0 Å². The molecular formula is C28H26FN3O4S. The van der Waals surface area contributed by atoms with Crippen molar-refractivity contribution in [3.8, 4) is 0 Å². The maximum atomic E-state index is 13.9. The van der Waals surface area contributed by atoms with E-state index in [-0.39, 0.29) is 23.0 Å². The minimum atomic E-state index is -3.65. The maximum absolute atomic E-state index is 13.9. The van der Waals surface area contributed by atoms with Gasteiger partial charge in [0.2, 0.25) is 5.95 Å². The second kappa shape index (κ2) is 9.99. The summed E-state index contributed by atoms with van der Waals surface area (Å²) in [7, 11) is -3.65. The number of aromatic nitrogens is 2. The Morgan fingerprint density at radius 2 is 1.62 bits per heavy atom. The van der Waals surface area contributed by atoms with Crippen molar-refractivity contribution in [2.75, 3.05) is 13.1 Å². The minimum Gasteiger partial charge on any atom is -0.389 e. The van der Waals surface area contributed by atoms with Crippen LogP contribution in [0.15, 0.2) is 84.0 Å². The summed E-state index contributed by atoms with van der Waals surface area (Å²) in [5.74, 6) is -0.991. The number of likely N-dealkylation sites (tertiary alicyclic amines) is 1. The minimum absolute atomic E-state index is 0.143. The molecule has 1 aliphatic heterocycles. The van der Waals surface area contributed by atoms with Crippen LogP contribution in [0.1, 0.15) is 34.3 Å². The molecule has 1 amide bonds. The van der Waals surface area contributed by atoms with E-state index < -0.39 is 21.4 Å². The molecule has 0 saturated carbocycles. The predicted octanol–water partition coefficient (Wildman–Crippen LogP) is 3.95. The molecule has 190 valence electrons. The molecule has 7 nitrogen and oxygen atoms in total. The van der Waals surface area contributed by atoms with Gasteiger partial charge in [-0.1, -0.05) is 36.4 Å². The van der Waals surface area contributed by atoms with Crippen LogP contribution in [-0.4, -0.2) is 53.0 Å². The Hall–Kier alpha value is -3.69. The van der Waals surface area contributed by atoms with E-state index in [1.165, 1.54) is 6.20 Å². The highest BCUT2D eigenvalue weighted by Gasteiger charge is 2.35. The number of carbonyl (C=O) groups excluding carboxylic acids is 1. The number of halogens is 1. The van der Waals surface area contributed by atoms with Crippen molar-refractivity contribution in [3.63, 3.8) is 0 Å². The largest absolute Gasteiger partial charge is 0.389 e. The molecule has 1 fully saturated rings. The number of amides is 1. The molecule has 5 rings (SSSR count). The summed E-state index contributed by atoms with van der Waals surface area (Å²) in [6.07, 6.45) is 3.72. The van der Waals surface area contributed by atoms with Gasteiger partial charge < -0.3 is 10.0 Å². The number of sulfone groups is 1.